The summed E-state index contributed by atoms with van der Waals surface area (Å²) in [6, 6.07) is 16.6. The van der Waals surface area contributed by atoms with Crippen LogP contribution in [0.3, 0.4) is 0 Å². The Morgan fingerprint density at radius 1 is 0.594 bits per heavy atom. The summed E-state index contributed by atoms with van der Waals surface area (Å²) < 4.78 is 0. The zero-order chi connectivity index (χ0) is 23.7. The first-order valence-corrected chi connectivity index (χ1v) is 11.9. The lowest BCUT2D eigenvalue weighted by Gasteiger charge is -2.16. The Balaban J connectivity index is 1.75. The van der Waals surface area contributed by atoms with E-state index in [2.05, 4.69) is 62.6 Å². The fraction of sp³-hybridized carbons (Fsp3) is 0.500. The second-order valence-corrected chi connectivity index (χ2v) is 9.70. The molecule has 2 amide bonds. The van der Waals surface area contributed by atoms with Crippen molar-refractivity contribution in [3.63, 3.8) is 0 Å². The molecule has 0 heterocycles. The molecular weight excluding hydrogens is 396 g/mol. The zero-order valence-electron chi connectivity index (χ0n) is 20.6. The van der Waals surface area contributed by atoms with Crippen LogP contribution in [0.1, 0.15) is 75.6 Å². The van der Waals surface area contributed by atoms with Crippen LogP contribution < -0.4 is 10.6 Å². The first kappa shape index (κ1) is 25.6. The Morgan fingerprint density at radius 2 is 0.906 bits per heavy atom. The predicted molar refractivity (Wildman–Crippen MR) is 133 cm³/mol. The molecule has 0 aliphatic heterocycles. The molecule has 0 saturated carbocycles. The third-order valence-corrected chi connectivity index (χ3v) is 5.76. The van der Waals surface area contributed by atoms with Gasteiger partial charge in [-0.2, -0.15) is 0 Å². The lowest BCUT2D eigenvalue weighted by molar-refractivity contribution is -0.124. The van der Waals surface area contributed by atoms with Gasteiger partial charge in [-0.3, -0.25) is 9.59 Å². The van der Waals surface area contributed by atoms with Crippen molar-refractivity contribution in [3.05, 3.63) is 70.8 Å². The van der Waals surface area contributed by atoms with E-state index >= 15 is 0 Å². The summed E-state index contributed by atoms with van der Waals surface area (Å²) in [5.74, 6) is 0.742. The maximum Gasteiger partial charge on any atom is 0.227 e. The molecule has 2 N–H and O–H groups in total. The second kappa shape index (κ2) is 12.4. The minimum absolute atomic E-state index is 0.0235. The molecule has 0 radical (unpaired) electrons. The van der Waals surface area contributed by atoms with E-state index < -0.39 is 0 Å². The molecule has 0 bridgehead atoms. The van der Waals surface area contributed by atoms with E-state index in [1.165, 1.54) is 11.1 Å². The number of nitrogens with one attached hydrogen (secondary N) is 2. The van der Waals surface area contributed by atoms with Gasteiger partial charge in [-0.15, -0.1) is 0 Å². The van der Waals surface area contributed by atoms with Crippen molar-refractivity contribution < 1.29 is 9.59 Å². The number of amides is 2. The van der Waals surface area contributed by atoms with E-state index in [-0.39, 0.29) is 23.7 Å². The first-order valence-electron chi connectivity index (χ1n) is 11.9. The zero-order valence-corrected chi connectivity index (χ0v) is 20.6. The Bertz CT molecular complexity index is 781. The van der Waals surface area contributed by atoms with E-state index in [0.29, 0.717) is 24.9 Å². The first-order chi connectivity index (χ1) is 15.2. The summed E-state index contributed by atoms with van der Waals surface area (Å²) in [5, 5.41) is 5.87. The van der Waals surface area contributed by atoms with Crippen LogP contribution in [0.5, 0.6) is 0 Å². The lowest BCUT2D eigenvalue weighted by Crippen LogP contribution is -2.37. The van der Waals surface area contributed by atoms with E-state index in [0.717, 1.165) is 24.0 Å². The van der Waals surface area contributed by atoms with E-state index in [1.54, 1.807) is 0 Å². The van der Waals surface area contributed by atoms with Crippen LogP contribution in [0.25, 0.3) is 0 Å². The molecule has 32 heavy (non-hydrogen) atoms. The molecule has 0 saturated heterocycles. The van der Waals surface area contributed by atoms with Gasteiger partial charge in [0.25, 0.3) is 0 Å². The van der Waals surface area contributed by atoms with Gasteiger partial charge in [-0.05, 0) is 60.8 Å². The quantitative estimate of drug-likeness (QED) is 0.474. The van der Waals surface area contributed by atoms with Gasteiger partial charge in [-0.25, -0.2) is 0 Å². The summed E-state index contributed by atoms with van der Waals surface area (Å²) in [7, 11) is 0. The van der Waals surface area contributed by atoms with Crippen molar-refractivity contribution in [2.45, 2.75) is 66.2 Å². The van der Waals surface area contributed by atoms with Crippen molar-refractivity contribution in [3.8, 4) is 0 Å². The van der Waals surface area contributed by atoms with Gasteiger partial charge in [-0.1, -0.05) is 76.2 Å². The van der Waals surface area contributed by atoms with Crippen molar-refractivity contribution >= 4 is 11.8 Å². The fourth-order valence-electron chi connectivity index (χ4n) is 3.81. The molecule has 4 nitrogen and oxygen atoms in total. The van der Waals surface area contributed by atoms with Gasteiger partial charge < -0.3 is 10.6 Å². The summed E-state index contributed by atoms with van der Waals surface area (Å²) in [6.07, 6.45) is 2.09. The SMILES string of the molecule is CC(C)Cc1ccc([C@H](C)C(=O)NCCNC(=O)[C@@H](C)c2ccc(CC(C)C)cc2)cc1. The number of carbonyl (C=O) groups excluding carboxylic acids is 2. The molecule has 2 aromatic rings. The fourth-order valence-corrected chi connectivity index (χ4v) is 3.81. The third-order valence-electron chi connectivity index (χ3n) is 5.76. The normalized spacial score (nSPS) is 13.1. The van der Waals surface area contributed by atoms with Crippen LogP contribution in [-0.4, -0.2) is 24.9 Å². The molecule has 2 atom stereocenters. The van der Waals surface area contributed by atoms with Gasteiger partial charge in [0.1, 0.15) is 0 Å². The second-order valence-electron chi connectivity index (χ2n) is 9.70. The molecule has 0 spiro atoms. The Hall–Kier alpha value is -2.62. The van der Waals surface area contributed by atoms with Crippen molar-refractivity contribution in [1.29, 1.82) is 0 Å². The van der Waals surface area contributed by atoms with Crippen LogP contribution in [-0.2, 0) is 22.4 Å². The average Bonchev–Trinajstić information content (AvgIpc) is 2.75. The van der Waals surface area contributed by atoms with Crippen LogP contribution in [0, 0.1) is 11.8 Å². The average molecular weight is 437 g/mol. The van der Waals surface area contributed by atoms with Gasteiger partial charge in [0, 0.05) is 13.1 Å². The smallest absolute Gasteiger partial charge is 0.227 e. The largest absolute Gasteiger partial charge is 0.354 e. The van der Waals surface area contributed by atoms with Crippen LogP contribution >= 0.6 is 0 Å². The highest BCUT2D eigenvalue weighted by Crippen LogP contribution is 2.19. The molecule has 4 heteroatoms. The standard InChI is InChI=1S/C28H40N2O2/c1-19(2)17-23-7-11-25(12-8-23)21(5)27(31)29-15-16-30-28(32)22(6)26-13-9-24(10-14-26)18-20(3)4/h7-14,19-22H,15-18H2,1-6H3,(H,29,31)(H,30,32)/t21-,22-/m0/s1. The van der Waals surface area contributed by atoms with Gasteiger partial charge >= 0.3 is 0 Å². The number of hydrogen-bond acceptors (Lipinski definition) is 2. The Kier molecular flexibility index (Phi) is 9.96. The van der Waals surface area contributed by atoms with Gasteiger partial charge in [0.2, 0.25) is 11.8 Å². The molecule has 2 rings (SSSR count). The Morgan fingerprint density at radius 3 is 1.19 bits per heavy atom. The number of carbonyl (C=O) groups is 2. The lowest BCUT2D eigenvalue weighted by atomic mass is 9.96. The highest BCUT2D eigenvalue weighted by molar-refractivity contribution is 5.84. The van der Waals surface area contributed by atoms with Crippen LogP contribution in [0.4, 0.5) is 0 Å². The van der Waals surface area contributed by atoms with Gasteiger partial charge in [0.05, 0.1) is 11.8 Å². The highest BCUT2D eigenvalue weighted by Gasteiger charge is 2.17. The van der Waals surface area contributed by atoms with Crippen LogP contribution in [0.15, 0.2) is 48.5 Å². The minimum Gasteiger partial charge on any atom is -0.354 e. The van der Waals surface area contributed by atoms with Crippen molar-refractivity contribution in [1.82, 2.24) is 10.6 Å². The molecule has 0 unspecified atom stereocenters. The van der Waals surface area contributed by atoms with Gasteiger partial charge in [0.15, 0.2) is 0 Å². The summed E-state index contributed by atoms with van der Waals surface area (Å²) in [6.45, 7) is 13.5. The molecule has 0 aliphatic rings. The number of rotatable bonds is 11. The molecule has 174 valence electrons. The van der Waals surface area contributed by atoms with E-state index in [1.807, 2.05) is 38.1 Å². The minimum atomic E-state index is -0.220. The maximum absolute atomic E-state index is 12.5. The highest BCUT2D eigenvalue weighted by atomic mass is 16.2. The van der Waals surface area contributed by atoms with Crippen LogP contribution in [0.2, 0.25) is 0 Å². The Labute approximate surface area is 194 Å². The topological polar surface area (TPSA) is 58.2 Å². The van der Waals surface area contributed by atoms with E-state index in [9.17, 15) is 9.59 Å². The molecule has 0 aromatic heterocycles. The molecule has 0 fully saturated rings. The molecular formula is C28H40N2O2. The molecule has 0 aliphatic carbocycles. The number of hydrogen-bond donors (Lipinski definition) is 2. The summed E-state index contributed by atoms with van der Waals surface area (Å²) in [5.41, 5.74) is 4.60. The monoisotopic (exact) mass is 436 g/mol. The summed E-state index contributed by atoms with van der Waals surface area (Å²) >= 11 is 0. The third kappa shape index (κ3) is 8.14. The predicted octanol–water partition coefficient (Wildman–Crippen LogP) is 5.22. The summed E-state index contributed by atoms with van der Waals surface area (Å²) in [4.78, 5) is 25.0. The van der Waals surface area contributed by atoms with Crippen molar-refractivity contribution in [2.24, 2.45) is 11.8 Å². The maximum atomic E-state index is 12.5. The van der Waals surface area contributed by atoms with Crippen molar-refractivity contribution in [2.75, 3.05) is 13.1 Å². The number of benzene rings is 2. The molecule has 2 aromatic carbocycles. The van der Waals surface area contributed by atoms with E-state index in [4.69, 9.17) is 0 Å².